The van der Waals surface area contributed by atoms with Crippen LogP contribution in [-0.4, -0.2) is 21.8 Å². The quantitative estimate of drug-likeness (QED) is 0.879. The highest BCUT2D eigenvalue weighted by Gasteiger charge is 2.21. The van der Waals surface area contributed by atoms with E-state index in [9.17, 15) is 4.79 Å². The SMILES string of the molecule is CC[C@H](N)C(=O)N(Cc1ccccc1)Cc1scnc1C.Cl. The van der Waals surface area contributed by atoms with Crippen LogP contribution >= 0.6 is 23.7 Å². The molecular formula is C16H22ClN3OS. The Morgan fingerprint density at radius 3 is 2.55 bits per heavy atom. The molecule has 1 atom stereocenters. The summed E-state index contributed by atoms with van der Waals surface area (Å²) < 4.78 is 0. The van der Waals surface area contributed by atoms with Crippen LogP contribution in [0.25, 0.3) is 0 Å². The van der Waals surface area contributed by atoms with Crippen LogP contribution in [0.15, 0.2) is 35.8 Å². The van der Waals surface area contributed by atoms with Gasteiger partial charge in [0.25, 0.3) is 0 Å². The fraction of sp³-hybridized carbons (Fsp3) is 0.375. The minimum absolute atomic E-state index is 0. The molecule has 4 nitrogen and oxygen atoms in total. The number of nitrogens with zero attached hydrogens (tertiary/aromatic N) is 2. The number of halogens is 1. The van der Waals surface area contributed by atoms with Gasteiger partial charge in [-0.2, -0.15) is 0 Å². The van der Waals surface area contributed by atoms with E-state index in [1.54, 1.807) is 11.3 Å². The van der Waals surface area contributed by atoms with Crippen molar-refractivity contribution in [3.05, 3.63) is 52.0 Å². The van der Waals surface area contributed by atoms with E-state index in [-0.39, 0.29) is 18.3 Å². The topological polar surface area (TPSA) is 59.2 Å². The van der Waals surface area contributed by atoms with E-state index in [1.165, 1.54) is 0 Å². The molecule has 1 amide bonds. The normalized spacial score (nSPS) is 11.6. The second-order valence-corrected chi connectivity index (χ2v) is 5.99. The number of carbonyl (C=O) groups excluding carboxylic acids is 1. The standard InChI is InChI=1S/C16H21N3OS.ClH/c1-3-14(17)16(20)19(9-13-7-5-4-6-8-13)10-15-12(2)18-11-21-15;/h4-8,11,14H,3,9-10,17H2,1-2H3;1H/t14-;/m0./s1. The molecule has 0 saturated heterocycles. The van der Waals surface area contributed by atoms with Gasteiger partial charge in [-0.05, 0) is 18.9 Å². The zero-order valence-corrected chi connectivity index (χ0v) is 14.5. The van der Waals surface area contributed by atoms with Gasteiger partial charge in [0, 0.05) is 11.4 Å². The van der Waals surface area contributed by atoms with Crippen molar-refractivity contribution in [1.82, 2.24) is 9.88 Å². The summed E-state index contributed by atoms with van der Waals surface area (Å²) in [6.45, 7) is 5.04. The highest BCUT2D eigenvalue weighted by atomic mass is 35.5. The second kappa shape index (κ2) is 8.88. The molecular weight excluding hydrogens is 318 g/mol. The average molecular weight is 340 g/mol. The molecule has 6 heteroatoms. The van der Waals surface area contributed by atoms with Gasteiger partial charge >= 0.3 is 0 Å². The number of hydrogen-bond acceptors (Lipinski definition) is 4. The van der Waals surface area contributed by atoms with Crippen molar-refractivity contribution in [2.24, 2.45) is 5.73 Å². The summed E-state index contributed by atoms with van der Waals surface area (Å²) in [6, 6.07) is 9.54. The van der Waals surface area contributed by atoms with Gasteiger partial charge < -0.3 is 10.6 Å². The first-order chi connectivity index (χ1) is 10.1. The van der Waals surface area contributed by atoms with Crippen LogP contribution in [0.2, 0.25) is 0 Å². The molecule has 1 aromatic heterocycles. The Bertz CT molecular complexity index is 588. The number of carbonyl (C=O) groups is 1. The molecule has 0 aliphatic rings. The summed E-state index contributed by atoms with van der Waals surface area (Å²) in [6.07, 6.45) is 0.645. The van der Waals surface area contributed by atoms with E-state index in [4.69, 9.17) is 5.73 Å². The molecule has 0 unspecified atom stereocenters. The maximum absolute atomic E-state index is 12.5. The van der Waals surface area contributed by atoms with Crippen LogP contribution < -0.4 is 5.73 Å². The lowest BCUT2D eigenvalue weighted by molar-refractivity contribution is -0.133. The molecule has 1 heterocycles. The average Bonchev–Trinajstić information content (AvgIpc) is 2.91. The largest absolute Gasteiger partial charge is 0.332 e. The number of benzene rings is 1. The van der Waals surface area contributed by atoms with Crippen LogP contribution in [0, 0.1) is 6.92 Å². The monoisotopic (exact) mass is 339 g/mol. The Balaban J connectivity index is 0.00000242. The maximum Gasteiger partial charge on any atom is 0.240 e. The van der Waals surface area contributed by atoms with Crippen LogP contribution in [0.5, 0.6) is 0 Å². The number of hydrogen-bond donors (Lipinski definition) is 1. The van der Waals surface area contributed by atoms with Crippen LogP contribution in [0.3, 0.4) is 0 Å². The van der Waals surface area contributed by atoms with Crippen LogP contribution in [0.1, 0.15) is 29.5 Å². The lowest BCUT2D eigenvalue weighted by Crippen LogP contribution is -2.42. The van der Waals surface area contributed by atoms with Crippen LogP contribution in [0.4, 0.5) is 0 Å². The summed E-state index contributed by atoms with van der Waals surface area (Å²) in [5.74, 6) is -0.00541. The molecule has 0 saturated carbocycles. The third-order valence-corrected chi connectivity index (χ3v) is 4.38. The molecule has 0 bridgehead atoms. The second-order valence-electron chi connectivity index (χ2n) is 5.06. The Kier molecular flexibility index (Phi) is 7.51. The fourth-order valence-electron chi connectivity index (χ4n) is 2.08. The smallest absolute Gasteiger partial charge is 0.240 e. The third-order valence-electron chi connectivity index (χ3n) is 3.46. The molecule has 0 spiro atoms. The zero-order valence-electron chi connectivity index (χ0n) is 12.9. The van der Waals surface area contributed by atoms with Gasteiger partial charge in [-0.1, -0.05) is 37.3 Å². The minimum Gasteiger partial charge on any atom is -0.332 e. The van der Waals surface area contributed by atoms with Gasteiger partial charge in [0.15, 0.2) is 0 Å². The van der Waals surface area contributed by atoms with Gasteiger partial charge in [-0.3, -0.25) is 4.79 Å². The molecule has 0 radical (unpaired) electrons. The van der Waals surface area contributed by atoms with Gasteiger partial charge in [0.1, 0.15) is 0 Å². The van der Waals surface area contributed by atoms with E-state index in [2.05, 4.69) is 4.98 Å². The predicted molar refractivity (Wildman–Crippen MR) is 93.1 cm³/mol. The molecule has 0 aliphatic carbocycles. The molecule has 1 aromatic carbocycles. The van der Waals surface area contributed by atoms with E-state index in [1.807, 2.05) is 54.6 Å². The summed E-state index contributed by atoms with van der Waals surface area (Å²) in [4.78, 5) is 19.7. The predicted octanol–water partition coefficient (Wildman–Crippen LogP) is 3.14. The fourth-order valence-corrected chi connectivity index (χ4v) is 2.87. The van der Waals surface area contributed by atoms with Crippen molar-refractivity contribution < 1.29 is 4.79 Å². The maximum atomic E-state index is 12.5. The van der Waals surface area contributed by atoms with Crippen LogP contribution in [-0.2, 0) is 17.9 Å². The molecule has 2 rings (SSSR count). The van der Waals surface area contributed by atoms with E-state index in [0.717, 1.165) is 16.1 Å². The van der Waals surface area contributed by atoms with Crippen molar-refractivity contribution >= 4 is 29.7 Å². The molecule has 0 fully saturated rings. The Morgan fingerprint density at radius 2 is 2.00 bits per heavy atom. The van der Waals surface area contributed by atoms with Crippen molar-refractivity contribution in [3.63, 3.8) is 0 Å². The number of aryl methyl sites for hydroxylation is 1. The van der Waals surface area contributed by atoms with Gasteiger partial charge in [-0.15, -0.1) is 23.7 Å². The number of amides is 1. The molecule has 2 N–H and O–H groups in total. The first-order valence-corrected chi connectivity index (χ1v) is 7.97. The van der Waals surface area contributed by atoms with E-state index < -0.39 is 6.04 Å². The van der Waals surface area contributed by atoms with Gasteiger partial charge in [0.2, 0.25) is 5.91 Å². The number of nitrogens with two attached hydrogens (primary N) is 1. The molecule has 0 aliphatic heterocycles. The third kappa shape index (κ3) is 4.80. The summed E-state index contributed by atoms with van der Waals surface area (Å²) in [5.41, 5.74) is 9.84. The summed E-state index contributed by atoms with van der Waals surface area (Å²) in [7, 11) is 0. The summed E-state index contributed by atoms with van der Waals surface area (Å²) >= 11 is 1.58. The Morgan fingerprint density at radius 1 is 1.32 bits per heavy atom. The van der Waals surface area contributed by atoms with E-state index in [0.29, 0.717) is 19.5 Å². The highest BCUT2D eigenvalue weighted by Crippen LogP contribution is 2.18. The van der Waals surface area contributed by atoms with Crippen molar-refractivity contribution in [2.45, 2.75) is 39.4 Å². The number of rotatable bonds is 6. The highest BCUT2D eigenvalue weighted by molar-refractivity contribution is 7.09. The number of aromatic nitrogens is 1. The summed E-state index contributed by atoms with van der Waals surface area (Å²) in [5, 5.41) is 0. The van der Waals surface area contributed by atoms with Crippen molar-refractivity contribution in [1.29, 1.82) is 0 Å². The van der Waals surface area contributed by atoms with Crippen molar-refractivity contribution in [3.8, 4) is 0 Å². The lowest BCUT2D eigenvalue weighted by atomic mass is 10.1. The zero-order chi connectivity index (χ0) is 15.2. The van der Waals surface area contributed by atoms with Gasteiger partial charge in [0.05, 0.1) is 23.8 Å². The minimum atomic E-state index is -0.443. The molecule has 22 heavy (non-hydrogen) atoms. The van der Waals surface area contributed by atoms with E-state index >= 15 is 0 Å². The Hall–Kier alpha value is -1.43. The van der Waals surface area contributed by atoms with Crippen molar-refractivity contribution in [2.75, 3.05) is 0 Å². The van der Waals surface area contributed by atoms with Gasteiger partial charge in [-0.25, -0.2) is 4.98 Å². The molecule has 120 valence electrons. The first-order valence-electron chi connectivity index (χ1n) is 7.09. The lowest BCUT2D eigenvalue weighted by Gasteiger charge is -2.25. The molecule has 2 aromatic rings. The Labute approximate surface area is 141 Å². The first kappa shape index (κ1) is 18.6. The number of thiazole rings is 1.